The Kier molecular flexibility index (Phi) is 2.43. The van der Waals surface area contributed by atoms with Crippen molar-refractivity contribution in [2.24, 2.45) is 0 Å². The summed E-state index contributed by atoms with van der Waals surface area (Å²) in [6, 6.07) is 3.29. The highest BCUT2D eigenvalue weighted by Crippen LogP contribution is 2.12. The van der Waals surface area contributed by atoms with Crippen molar-refractivity contribution in [1.82, 2.24) is 0 Å². The van der Waals surface area contributed by atoms with Crippen molar-refractivity contribution >= 4 is 22.0 Å². The summed E-state index contributed by atoms with van der Waals surface area (Å²) >= 11 is 2.77. The molecule has 0 aliphatic rings. The number of furan rings is 1. The summed E-state index contributed by atoms with van der Waals surface area (Å²) in [4.78, 5) is 9.54. The lowest BCUT2D eigenvalue weighted by Gasteiger charge is -1.84. The molecule has 0 unspecified atom stereocenters. The van der Waals surface area contributed by atoms with Crippen molar-refractivity contribution in [3.8, 4) is 0 Å². The Morgan fingerprint density at radius 1 is 1.82 bits per heavy atom. The highest BCUT2D eigenvalue weighted by molar-refractivity contribution is 9.11. The largest absolute Gasteiger partial charge is 0.465 e. The molecule has 1 heterocycles. The minimum Gasteiger partial charge on any atom is -0.465 e. The molecule has 0 aliphatic heterocycles. The van der Waals surface area contributed by atoms with Crippen molar-refractivity contribution in [2.75, 3.05) is 0 Å². The fraction of sp³-hybridized carbons (Fsp3) is 0. The van der Waals surface area contributed by atoms with Crippen LogP contribution in [-0.2, 0) is 0 Å². The van der Waals surface area contributed by atoms with Gasteiger partial charge in [0.25, 0.3) is 0 Å². The first-order valence-electron chi connectivity index (χ1n) is 2.75. The van der Waals surface area contributed by atoms with E-state index in [9.17, 15) is 10.1 Å². The van der Waals surface area contributed by atoms with E-state index >= 15 is 0 Å². The van der Waals surface area contributed by atoms with Crippen LogP contribution in [0.1, 0.15) is 5.76 Å². The lowest BCUT2D eigenvalue weighted by molar-refractivity contribution is -0.407. The van der Waals surface area contributed by atoms with E-state index in [-0.39, 0.29) is 4.61 Å². The minimum absolute atomic E-state index is 0.118. The molecular formula is C6H4BrNO3. The van der Waals surface area contributed by atoms with E-state index in [1.165, 1.54) is 12.3 Å². The van der Waals surface area contributed by atoms with Crippen molar-refractivity contribution < 1.29 is 9.34 Å². The van der Waals surface area contributed by atoms with E-state index in [0.717, 1.165) is 0 Å². The quantitative estimate of drug-likeness (QED) is 0.434. The summed E-state index contributed by atoms with van der Waals surface area (Å²) in [5.74, 6) is 0.452. The number of nitro groups is 1. The first-order chi connectivity index (χ1) is 5.20. The number of hydrogen-bond donors (Lipinski definition) is 0. The van der Waals surface area contributed by atoms with Gasteiger partial charge in [0, 0.05) is 15.9 Å². The van der Waals surface area contributed by atoms with Gasteiger partial charge in [-0.2, -0.15) is 0 Å². The molecule has 5 heteroatoms. The van der Waals surface area contributed by atoms with Gasteiger partial charge in [0.05, 0.1) is 17.3 Å². The fourth-order valence-corrected chi connectivity index (χ4v) is 0.769. The van der Waals surface area contributed by atoms with Gasteiger partial charge in [-0.05, 0) is 12.1 Å². The molecule has 0 aliphatic carbocycles. The Morgan fingerprint density at radius 2 is 2.55 bits per heavy atom. The average molecular weight is 218 g/mol. The number of hydrogen-bond acceptors (Lipinski definition) is 3. The maximum atomic E-state index is 10.1. The van der Waals surface area contributed by atoms with Crippen LogP contribution in [0.3, 0.4) is 0 Å². The molecular weight excluding hydrogens is 214 g/mol. The summed E-state index contributed by atoms with van der Waals surface area (Å²) in [6.07, 6.45) is 2.74. The molecule has 0 aromatic carbocycles. The summed E-state index contributed by atoms with van der Waals surface area (Å²) < 4.78 is 4.73. The van der Waals surface area contributed by atoms with E-state index in [1.54, 1.807) is 12.1 Å². The minimum atomic E-state index is -0.539. The molecule has 4 nitrogen and oxygen atoms in total. The highest BCUT2D eigenvalue weighted by atomic mass is 79.9. The van der Waals surface area contributed by atoms with Gasteiger partial charge < -0.3 is 4.42 Å². The third kappa shape index (κ3) is 2.19. The standard InChI is InChI=1S/C6H4BrNO3/c7-6(8(9)10)4-5-2-1-3-11-5/h1-4H. The molecule has 11 heavy (non-hydrogen) atoms. The summed E-state index contributed by atoms with van der Waals surface area (Å²) in [6.45, 7) is 0. The van der Waals surface area contributed by atoms with Gasteiger partial charge in [-0.3, -0.25) is 10.1 Å². The second-order valence-electron chi connectivity index (χ2n) is 1.74. The monoisotopic (exact) mass is 217 g/mol. The van der Waals surface area contributed by atoms with Crippen LogP contribution in [0.2, 0.25) is 0 Å². The normalized spacial score (nSPS) is 11.5. The smallest absolute Gasteiger partial charge is 0.314 e. The zero-order chi connectivity index (χ0) is 8.27. The van der Waals surface area contributed by atoms with Crippen LogP contribution >= 0.6 is 15.9 Å². The number of rotatable bonds is 2. The Bertz CT molecular complexity index is 278. The third-order valence-corrected chi connectivity index (χ3v) is 1.50. The molecule has 0 atom stereocenters. The maximum absolute atomic E-state index is 10.1. The van der Waals surface area contributed by atoms with Gasteiger partial charge >= 0.3 is 4.61 Å². The van der Waals surface area contributed by atoms with E-state index in [4.69, 9.17) is 4.42 Å². The molecule has 0 bridgehead atoms. The summed E-state index contributed by atoms with van der Waals surface area (Å²) in [7, 11) is 0. The molecule has 0 amide bonds. The van der Waals surface area contributed by atoms with Gasteiger partial charge in [0.1, 0.15) is 5.76 Å². The van der Waals surface area contributed by atoms with Crippen molar-refractivity contribution in [3.63, 3.8) is 0 Å². The van der Waals surface area contributed by atoms with Gasteiger partial charge in [0.2, 0.25) is 0 Å². The highest BCUT2D eigenvalue weighted by Gasteiger charge is 2.04. The van der Waals surface area contributed by atoms with Crippen LogP contribution in [0.5, 0.6) is 0 Å². The second kappa shape index (κ2) is 3.34. The fourth-order valence-electron chi connectivity index (χ4n) is 0.543. The van der Waals surface area contributed by atoms with Crippen molar-refractivity contribution in [1.29, 1.82) is 0 Å². The maximum Gasteiger partial charge on any atom is 0.314 e. The molecule has 0 radical (unpaired) electrons. The summed E-state index contributed by atoms with van der Waals surface area (Å²) in [5.41, 5.74) is 0. The van der Waals surface area contributed by atoms with Crippen LogP contribution in [0.25, 0.3) is 6.08 Å². The number of nitrogens with zero attached hydrogens (tertiary/aromatic N) is 1. The van der Waals surface area contributed by atoms with Crippen LogP contribution in [-0.4, -0.2) is 4.92 Å². The Labute approximate surface area is 70.8 Å². The predicted molar refractivity (Wildman–Crippen MR) is 42.6 cm³/mol. The van der Waals surface area contributed by atoms with Gasteiger partial charge in [0.15, 0.2) is 0 Å². The van der Waals surface area contributed by atoms with E-state index in [0.29, 0.717) is 5.76 Å². The van der Waals surface area contributed by atoms with Crippen LogP contribution in [0.4, 0.5) is 0 Å². The van der Waals surface area contributed by atoms with Gasteiger partial charge in [-0.1, -0.05) is 0 Å². The van der Waals surface area contributed by atoms with Crippen LogP contribution < -0.4 is 0 Å². The Morgan fingerprint density at radius 3 is 3.00 bits per heavy atom. The van der Waals surface area contributed by atoms with Crippen LogP contribution in [0.15, 0.2) is 27.4 Å². The lowest BCUT2D eigenvalue weighted by Crippen LogP contribution is -1.88. The molecule has 0 spiro atoms. The lowest BCUT2D eigenvalue weighted by atomic mass is 10.4. The molecule has 0 fully saturated rings. The molecule has 0 N–H and O–H groups in total. The first kappa shape index (κ1) is 8.00. The van der Waals surface area contributed by atoms with Gasteiger partial charge in [-0.25, -0.2) is 0 Å². The zero-order valence-corrected chi connectivity index (χ0v) is 6.95. The second-order valence-corrected chi connectivity index (χ2v) is 2.55. The molecule has 1 aromatic rings. The Balaban J connectivity index is 2.82. The number of halogens is 1. The molecule has 1 rings (SSSR count). The van der Waals surface area contributed by atoms with E-state index < -0.39 is 4.92 Å². The first-order valence-corrected chi connectivity index (χ1v) is 3.54. The molecule has 1 aromatic heterocycles. The topological polar surface area (TPSA) is 56.3 Å². The summed E-state index contributed by atoms with van der Waals surface area (Å²) in [5, 5.41) is 10.1. The van der Waals surface area contributed by atoms with Gasteiger partial charge in [-0.15, -0.1) is 0 Å². The SMILES string of the molecule is O=[N+]([O-])C(Br)=Cc1ccco1. The van der Waals surface area contributed by atoms with Crippen molar-refractivity contribution in [2.45, 2.75) is 0 Å². The van der Waals surface area contributed by atoms with E-state index in [1.807, 2.05) is 0 Å². The Hall–Kier alpha value is -1.10. The zero-order valence-electron chi connectivity index (χ0n) is 5.36. The average Bonchev–Trinajstić information content (AvgIpc) is 2.39. The molecule has 58 valence electrons. The molecule has 0 saturated carbocycles. The van der Waals surface area contributed by atoms with Crippen LogP contribution in [0, 0.1) is 10.1 Å². The predicted octanol–water partition coefficient (Wildman–Crippen LogP) is 2.25. The molecule has 0 saturated heterocycles. The van der Waals surface area contributed by atoms with Crippen molar-refractivity contribution in [3.05, 3.63) is 38.9 Å². The third-order valence-electron chi connectivity index (χ3n) is 0.979. The van der Waals surface area contributed by atoms with E-state index in [2.05, 4.69) is 15.9 Å².